The topological polar surface area (TPSA) is 30.1 Å². The monoisotopic (exact) mass is 758 g/mol. The summed E-state index contributed by atoms with van der Waals surface area (Å²) in [6.45, 7) is 0. The van der Waals surface area contributed by atoms with Crippen LogP contribution < -0.4 is 5.32 Å². The predicted molar refractivity (Wildman–Crippen MR) is 247 cm³/mol. The van der Waals surface area contributed by atoms with Crippen LogP contribution in [0.2, 0.25) is 0 Å². The van der Waals surface area contributed by atoms with E-state index in [4.69, 9.17) is 4.42 Å². The van der Waals surface area contributed by atoms with Crippen molar-refractivity contribution < 1.29 is 4.42 Å². The Labute approximate surface area is 338 Å². The number of rotatable bonds is 6. The molecule has 0 spiro atoms. The van der Waals surface area contributed by atoms with Crippen molar-refractivity contribution in [3.05, 3.63) is 200 Å². The molecular formula is C54H34N2OS. The summed E-state index contributed by atoms with van der Waals surface area (Å²) >= 11 is 1.89. The average Bonchev–Trinajstić information content (AvgIpc) is 3.96. The molecule has 0 amide bonds. The summed E-state index contributed by atoms with van der Waals surface area (Å²) < 4.78 is 11.2. The molecule has 0 atom stereocenters. The molecule has 0 saturated heterocycles. The van der Waals surface area contributed by atoms with Crippen molar-refractivity contribution in [3.8, 4) is 39.1 Å². The number of aromatic nitrogens is 1. The summed E-state index contributed by atoms with van der Waals surface area (Å²) in [4.78, 5) is 0. The lowest BCUT2D eigenvalue weighted by atomic mass is 10.0. The van der Waals surface area contributed by atoms with Crippen LogP contribution in [0, 0.1) is 0 Å². The fraction of sp³-hybridized carbons (Fsp3) is 0. The molecule has 0 saturated carbocycles. The van der Waals surface area contributed by atoms with E-state index >= 15 is 0 Å². The molecule has 0 fully saturated rings. The van der Waals surface area contributed by atoms with E-state index in [9.17, 15) is 0 Å². The highest BCUT2D eigenvalue weighted by Gasteiger charge is 2.19. The molecule has 3 nitrogen and oxygen atoms in total. The van der Waals surface area contributed by atoms with Crippen LogP contribution in [0.3, 0.4) is 0 Å². The van der Waals surface area contributed by atoms with E-state index in [-0.39, 0.29) is 0 Å². The number of thiophene rings is 1. The Morgan fingerprint density at radius 1 is 0.414 bits per heavy atom. The van der Waals surface area contributed by atoms with Gasteiger partial charge in [-0.05, 0) is 101 Å². The predicted octanol–water partition coefficient (Wildman–Crippen LogP) is 15.8. The zero-order valence-electron chi connectivity index (χ0n) is 31.3. The molecule has 0 unspecified atom stereocenters. The first-order chi connectivity index (χ1) is 28.7. The van der Waals surface area contributed by atoms with Crippen LogP contribution in [0.4, 0.5) is 11.4 Å². The summed E-state index contributed by atoms with van der Waals surface area (Å²) in [6, 6.07) is 72.0. The van der Waals surface area contributed by atoms with Crippen molar-refractivity contribution in [1.29, 1.82) is 0 Å². The number of nitrogens with zero attached hydrogens (tertiary/aromatic N) is 1. The third-order valence-electron chi connectivity index (χ3n) is 11.6. The molecule has 12 rings (SSSR count). The maximum Gasteiger partial charge on any atom is 0.135 e. The number of hydrogen-bond donors (Lipinski definition) is 1. The molecule has 0 aliphatic carbocycles. The van der Waals surface area contributed by atoms with E-state index in [0.29, 0.717) is 0 Å². The average molecular weight is 759 g/mol. The molecule has 0 radical (unpaired) electrons. The minimum atomic E-state index is 0.911. The van der Waals surface area contributed by atoms with Gasteiger partial charge in [-0.25, -0.2) is 0 Å². The Bertz CT molecular complexity index is 3550. The summed E-state index contributed by atoms with van der Waals surface area (Å²) in [5.41, 5.74) is 14.6. The van der Waals surface area contributed by atoms with Crippen molar-refractivity contribution in [2.24, 2.45) is 0 Å². The fourth-order valence-electron chi connectivity index (χ4n) is 8.87. The van der Waals surface area contributed by atoms with Gasteiger partial charge in [0.05, 0.1) is 11.0 Å². The molecule has 58 heavy (non-hydrogen) atoms. The number of hydrogen-bond acceptors (Lipinski definition) is 3. The number of anilines is 2. The van der Waals surface area contributed by atoms with Gasteiger partial charge in [0.1, 0.15) is 11.2 Å². The maximum absolute atomic E-state index is 6.14. The van der Waals surface area contributed by atoms with Crippen LogP contribution in [0.5, 0.6) is 0 Å². The SMILES string of the molecule is c1ccc(-c2ccccc2Nc2cccc(-c3ccc4sc5c(ccc6c5c5ccccc5n6-c5cccc(-c6ccc7oc8ccccc8c7c6)c5)c4c3)c2)cc1. The number of furan rings is 1. The van der Waals surface area contributed by atoms with Crippen molar-refractivity contribution >= 4 is 86.6 Å². The maximum atomic E-state index is 6.14. The van der Waals surface area contributed by atoms with Gasteiger partial charge in [0.2, 0.25) is 0 Å². The highest BCUT2D eigenvalue weighted by atomic mass is 32.1. The number of para-hydroxylation sites is 3. The molecule has 12 aromatic rings. The van der Waals surface area contributed by atoms with Gasteiger partial charge in [0, 0.05) is 64.3 Å². The summed E-state index contributed by atoms with van der Waals surface area (Å²) in [5.74, 6) is 0. The first-order valence-electron chi connectivity index (χ1n) is 19.7. The molecule has 3 aromatic heterocycles. The smallest absolute Gasteiger partial charge is 0.135 e. The minimum absolute atomic E-state index is 0.911. The second kappa shape index (κ2) is 13.1. The molecule has 9 aromatic carbocycles. The number of benzene rings is 9. The fourth-order valence-corrected chi connectivity index (χ4v) is 10.1. The van der Waals surface area contributed by atoms with Crippen LogP contribution in [-0.2, 0) is 0 Å². The quantitative estimate of drug-likeness (QED) is 0.183. The Balaban J connectivity index is 0.948. The number of fused-ring (bicyclic) bond motifs is 10. The van der Waals surface area contributed by atoms with E-state index in [1.165, 1.54) is 75.4 Å². The van der Waals surface area contributed by atoms with Gasteiger partial charge in [-0.3, -0.25) is 0 Å². The number of nitrogens with one attached hydrogen (secondary N) is 1. The van der Waals surface area contributed by atoms with Gasteiger partial charge < -0.3 is 14.3 Å². The highest BCUT2D eigenvalue weighted by Crippen LogP contribution is 2.45. The molecule has 0 aliphatic heterocycles. The Morgan fingerprint density at radius 3 is 2.02 bits per heavy atom. The van der Waals surface area contributed by atoms with E-state index in [1.54, 1.807) is 0 Å². The first-order valence-corrected chi connectivity index (χ1v) is 20.5. The second-order valence-corrected chi connectivity index (χ2v) is 16.0. The Hall–Kier alpha value is -7.40. The van der Waals surface area contributed by atoms with Crippen LogP contribution >= 0.6 is 11.3 Å². The van der Waals surface area contributed by atoms with E-state index in [1.807, 2.05) is 23.5 Å². The zero-order valence-corrected chi connectivity index (χ0v) is 32.1. The lowest BCUT2D eigenvalue weighted by Crippen LogP contribution is -1.94. The van der Waals surface area contributed by atoms with Gasteiger partial charge in [0.15, 0.2) is 0 Å². The van der Waals surface area contributed by atoms with Gasteiger partial charge in [-0.1, -0.05) is 127 Å². The van der Waals surface area contributed by atoms with Gasteiger partial charge in [0.25, 0.3) is 0 Å². The van der Waals surface area contributed by atoms with Crippen molar-refractivity contribution in [2.75, 3.05) is 5.32 Å². The van der Waals surface area contributed by atoms with Gasteiger partial charge >= 0.3 is 0 Å². The third kappa shape index (κ3) is 5.27. The Morgan fingerprint density at radius 2 is 1.10 bits per heavy atom. The lowest BCUT2D eigenvalue weighted by molar-refractivity contribution is 0.669. The standard InChI is InChI=1S/C54H34N2OS/c1-2-12-34(13-3-1)41-18-4-7-21-47(41)55-39-16-10-14-35(30-39)38-25-29-52-46(33-38)43-26-27-49-53(54(43)58-52)44-20-5-8-22-48(44)56(49)40-17-11-15-36(31-40)37-24-28-51-45(32-37)42-19-6-9-23-50(42)57-51/h1-33,55H. The molecule has 0 bridgehead atoms. The normalized spacial score (nSPS) is 11.8. The van der Waals surface area contributed by atoms with Crippen molar-refractivity contribution in [2.45, 2.75) is 0 Å². The van der Waals surface area contributed by atoms with E-state index < -0.39 is 0 Å². The molecule has 0 aliphatic rings. The largest absolute Gasteiger partial charge is 0.456 e. The summed E-state index contributed by atoms with van der Waals surface area (Å²) in [7, 11) is 0. The third-order valence-corrected chi connectivity index (χ3v) is 12.8. The molecular weight excluding hydrogens is 725 g/mol. The van der Waals surface area contributed by atoms with Crippen LogP contribution in [0.15, 0.2) is 205 Å². The molecule has 1 N–H and O–H groups in total. The van der Waals surface area contributed by atoms with Gasteiger partial charge in [-0.2, -0.15) is 0 Å². The molecule has 4 heteroatoms. The zero-order chi connectivity index (χ0) is 38.2. The molecule has 272 valence electrons. The van der Waals surface area contributed by atoms with Gasteiger partial charge in [-0.15, -0.1) is 11.3 Å². The van der Waals surface area contributed by atoms with Crippen LogP contribution in [0.1, 0.15) is 0 Å². The van der Waals surface area contributed by atoms with Crippen molar-refractivity contribution in [3.63, 3.8) is 0 Å². The van der Waals surface area contributed by atoms with Crippen molar-refractivity contribution in [1.82, 2.24) is 4.57 Å². The summed E-state index contributed by atoms with van der Waals surface area (Å²) in [6.07, 6.45) is 0. The Kier molecular flexibility index (Phi) is 7.40. The van der Waals surface area contributed by atoms with Crippen LogP contribution in [0.25, 0.3) is 103 Å². The highest BCUT2D eigenvalue weighted by molar-refractivity contribution is 7.26. The van der Waals surface area contributed by atoms with E-state index in [2.05, 4.69) is 198 Å². The second-order valence-electron chi connectivity index (χ2n) is 15.0. The minimum Gasteiger partial charge on any atom is -0.456 e. The van der Waals surface area contributed by atoms with Crippen LogP contribution in [-0.4, -0.2) is 4.57 Å². The molecule has 3 heterocycles. The summed E-state index contributed by atoms with van der Waals surface area (Å²) in [5, 5.41) is 11.1. The first kappa shape index (κ1) is 32.8. The lowest BCUT2D eigenvalue weighted by Gasteiger charge is -2.13. The van der Waals surface area contributed by atoms with E-state index in [0.717, 1.165) is 39.0 Å².